The molecule has 0 aliphatic rings. The summed E-state index contributed by atoms with van der Waals surface area (Å²) in [6, 6.07) is 0. The minimum absolute atomic E-state index is 0.0525. The number of carbonyl (C=O) groups is 1. The first-order valence-electron chi connectivity index (χ1n) is 4.15. The third kappa shape index (κ3) is 3.33. The van der Waals surface area contributed by atoms with Gasteiger partial charge in [-0.05, 0) is 24.5 Å². The number of carbonyl (C=O) groups excluding carboxylic acids is 1. The maximum atomic E-state index is 11.4. The molecule has 0 atom stereocenters. The lowest BCUT2D eigenvalue weighted by Crippen LogP contribution is -2.02. The monoisotopic (exact) mass is 164 g/mol. The maximum absolute atomic E-state index is 11.4. The summed E-state index contributed by atoms with van der Waals surface area (Å²) in [4.78, 5) is 11.4. The molecule has 0 unspecified atom stereocenters. The van der Waals surface area contributed by atoms with Crippen LogP contribution in [-0.2, 0) is 4.79 Å². The molecule has 0 aromatic rings. The van der Waals surface area contributed by atoms with Crippen LogP contribution >= 0.6 is 0 Å². The van der Waals surface area contributed by atoms with Gasteiger partial charge >= 0.3 is 0 Å². The number of rotatable bonds is 5. The van der Waals surface area contributed by atoms with Crippen LogP contribution in [0.5, 0.6) is 0 Å². The molecule has 0 aromatic carbocycles. The van der Waals surface area contributed by atoms with E-state index in [1.54, 1.807) is 19.1 Å². The van der Waals surface area contributed by atoms with E-state index in [4.69, 9.17) is 0 Å². The molecule has 0 rings (SSSR count). The molecular weight excluding hydrogens is 148 g/mol. The molecule has 0 amide bonds. The number of hydrogen-bond acceptors (Lipinski definition) is 1. The maximum Gasteiger partial charge on any atom is 0.184 e. The zero-order chi connectivity index (χ0) is 9.56. The smallest absolute Gasteiger partial charge is 0.184 e. The number of allylic oxidation sites excluding steroid dienone is 4. The molecule has 0 radical (unpaired) electrons. The second-order valence-corrected chi connectivity index (χ2v) is 2.79. The zero-order valence-corrected chi connectivity index (χ0v) is 7.89. The molecule has 0 aromatic heterocycles. The SMILES string of the molecule is C=CC=C(CCC)C(=O)C(=C)C. The van der Waals surface area contributed by atoms with Crippen LogP contribution in [0.4, 0.5) is 0 Å². The van der Waals surface area contributed by atoms with Gasteiger partial charge in [-0.2, -0.15) is 0 Å². The molecule has 0 spiro atoms. The molecule has 0 bridgehead atoms. The first-order chi connectivity index (χ1) is 5.63. The molecule has 1 nitrogen and oxygen atoms in total. The third-order valence-corrected chi connectivity index (χ3v) is 1.52. The second-order valence-electron chi connectivity index (χ2n) is 2.79. The van der Waals surface area contributed by atoms with Crippen molar-refractivity contribution in [2.75, 3.05) is 0 Å². The van der Waals surface area contributed by atoms with Crippen LogP contribution in [0, 0.1) is 0 Å². The first-order valence-corrected chi connectivity index (χ1v) is 4.15. The molecule has 0 fully saturated rings. The molecule has 0 saturated heterocycles. The Morgan fingerprint density at radius 3 is 2.42 bits per heavy atom. The molecule has 0 heterocycles. The highest BCUT2D eigenvalue weighted by molar-refractivity contribution is 6.07. The van der Waals surface area contributed by atoms with Crippen LogP contribution in [0.15, 0.2) is 36.5 Å². The Morgan fingerprint density at radius 2 is 2.08 bits per heavy atom. The van der Waals surface area contributed by atoms with Crippen LogP contribution in [0.1, 0.15) is 26.7 Å². The van der Waals surface area contributed by atoms with Crippen molar-refractivity contribution in [2.45, 2.75) is 26.7 Å². The van der Waals surface area contributed by atoms with Gasteiger partial charge in [-0.3, -0.25) is 4.79 Å². The van der Waals surface area contributed by atoms with Crippen molar-refractivity contribution >= 4 is 5.78 Å². The van der Waals surface area contributed by atoms with Crippen molar-refractivity contribution in [1.82, 2.24) is 0 Å². The van der Waals surface area contributed by atoms with Crippen LogP contribution in [0.25, 0.3) is 0 Å². The van der Waals surface area contributed by atoms with Crippen molar-refractivity contribution in [3.8, 4) is 0 Å². The Kier molecular flexibility index (Phi) is 5.02. The summed E-state index contributed by atoms with van der Waals surface area (Å²) < 4.78 is 0. The predicted octanol–water partition coefficient (Wildman–Crippen LogP) is 3.04. The fraction of sp³-hybridized carbons (Fsp3) is 0.364. The average Bonchev–Trinajstić information content (AvgIpc) is 2.03. The number of Topliss-reactive ketones (excluding diaryl/α,β-unsaturated/α-hetero) is 1. The summed E-state index contributed by atoms with van der Waals surface area (Å²) in [5.74, 6) is 0.0525. The standard InChI is InChI=1S/C11H16O/c1-5-7-10(8-6-2)11(12)9(3)4/h5,7H,1,3,6,8H2,2,4H3. The van der Waals surface area contributed by atoms with Gasteiger partial charge < -0.3 is 0 Å². The quantitative estimate of drug-likeness (QED) is 0.451. The van der Waals surface area contributed by atoms with Crippen molar-refractivity contribution in [3.05, 3.63) is 36.5 Å². The van der Waals surface area contributed by atoms with Crippen LogP contribution in [-0.4, -0.2) is 5.78 Å². The fourth-order valence-corrected chi connectivity index (χ4v) is 0.958. The molecule has 1 heteroatoms. The highest BCUT2D eigenvalue weighted by atomic mass is 16.1. The van der Waals surface area contributed by atoms with Crippen molar-refractivity contribution < 1.29 is 4.79 Å². The van der Waals surface area contributed by atoms with Crippen molar-refractivity contribution in [3.63, 3.8) is 0 Å². The van der Waals surface area contributed by atoms with Gasteiger partial charge in [-0.25, -0.2) is 0 Å². The number of ketones is 1. The molecule has 0 aliphatic heterocycles. The average molecular weight is 164 g/mol. The molecule has 66 valence electrons. The van der Waals surface area contributed by atoms with E-state index >= 15 is 0 Å². The van der Waals surface area contributed by atoms with Gasteiger partial charge in [-0.15, -0.1) is 0 Å². The fourth-order valence-electron chi connectivity index (χ4n) is 0.958. The van der Waals surface area contributed by atoms with E-state index in [2.05, 4.69) is 13.2 Å². The van der Waals surface area contributed by atoms with Crippen LogP contribution in [0.3, 0.4) is 0 Å². The summed E-state index contributed by atoms with van der Waals surface area (Å²) in [5, 5.41) is 0. The summed E-state index contributed by atoms with van der Waals surface area (Å²) in [6.07, 6.45) is 5.18. The highest BCUT2D eigenvalue weighted by Crippen LogP contribution is 2.10. The van der Waals surface area contributed by atoms with Crippen molar-refractivity contribution in [2.24, 2.45) is 0 Å². The first kappa shape index (κ1) is 10.9. The van der Waals surface area contributed by atoms with E-state index < -0.39 is 0 Å². The lowest BCUT2D eigenvalue weighted by molar-refractivity contribution is -0.112. The molecule has 0 N–H and O–H groups in total. The molecule has 12 heavy (non-hydrogen) atoms. The Hall–Kier alpha value is -1.11. The normalized spacial score (nSPS) is 11.0. The van der Waals surface area contributed by atoms with E-state index in [9.17, 15) is 4.79 Å². The van der Waals surface area contributed by atoms with Gasteiger partial charge in [0.1, 0.15) is 0 Å². The van der Waals surface area contributed by atoms with Gasteiger partial charge in [0.2, 0.25) is 0 Å². The Bertz CT molecular complexity index is 221. The van der Waals surface area contributed by atoms with Crippen LogP contribution in [0.2, 0.25) is 0 Å². The minimum atomic E-state index is 0.0525. The Morgan fingerprint density at radius 1 is 1.50 bits per heavy atom. The highest BCUT2D eigenvalue weighted by Gasteiger charge is 2.07. The minimum Gasteiger partial charge on any atom is -0.289 e. The van der Waals surface area contributed by atoms with Gasteiger partial charge in [0.15, 0.2) is 5.78 Å². The van der Waals surface area contributed by atoms with Gasteiger partial charge in [0, 0.05) is 0 Å². The van der Waals surface area contributed by atoms with E-state index in [0.29, 0.717) is 5.57 Å². The second kappa shape index (κ2) is 5.53. The van der Waals surface area contributed by atoms with E-state index in [-0.39, 0.29) is 5.78 Å². The molecule has 0 aliphatic carbocycles. The third-order valence-electron chi connectivity index (χ3n) is 1.52. The Balaban J connectivity index is 4.51. The van der Waals surface area contributed by atoms with Gasteiger partial charge in [-0.1, -0.05) is 38.7 Å². The summed E-state index contributed by atoms with van der Waals surface area (Å²) in [5.41, 5.74) is 1.40. The summed E-state index contributed by atoms with van der Waals surface area (Å²) in [7, 11) is 0. The van der Waals surface area contributed by atoms with Crippen LogP contribution < -0.4 is 0 Å². The van der Waals surface area contributed by atoms with E-state index in [1.807, 2.05) is 6.92 Å². The van der Waals surface area contributed by atoms with E-state index in [1.165, 1.54) is 0 Å². The molecular formula is C11H16O. The summed E-state index contributed by atoms with van der Waals surface area (Å²) >= 11 is 0. The topological polar surface area (TPSA) is 17.1 Å². The van der Waals surface area contributed by atoms with Crippen molar-refractivity contribution in [1.29, 1.82) is 0 Å². The largest absolute Gasteiger partial charge is 0.289 e. The van der Waals surface area contributed by atoms with Gasteiger partial charge in [0.05, 0.1) is 0 Å². The number of hydrogen-bond donors (Lipinski definition) is 0. The summed E-state index contributed by atoms with van der Waals surface area (Å²) in [6.45, 7) is 11.0. The molecule has 0 saturated carbocycles. The predicted molar refractivity (Wildman–Crippen MR) is 53.0 cm³/mol. The van der Waals surface area contributed by atoms with E-state index in [0.717, 1.165) is 18.4 Å². The lowest BCUT2D eigenvalue weighted by atomic mass is 10.0. The lowest BCUT2D eigenvalue weighted by Gasteiger charge is -2.02. The van der Waals surface area contributed by atoms with Gasteiger partial charge in [0.25, 0.3) is 0 Å². The Labute approximate surface area is 74.5 Å². The zero-order valence-electron chi connectivity index (χ0n) is 7.89.